The van der Waals surface area contributed by atoms with E-state index in [4.69, 9.17) is 0 Å². The first-order chi connectivity index (χ1) is 8.02. The minimum atomic E-state index is -2.25. The average Bonchev–Trinajstić information content (AvgIpc) is 2.28. The minimum absolute atomic E-state index is 0.137. The second kappa shape index (κ2) is 7.24. The van der Waals surface area contributed by atoms with Crippen LogP contribution in [0, 0.1) is 0 Å². The quantitative estimate of drug-likeness (QED) is 0.772. The van der Waals surface area contributed by atoms with Gasteiger partial charge in [-0.15, -0.1) is 0 Å². The smallest absolute Gasteiger partial charge is 0.251 e. The Morgan fingerprint density at radius 1 is 1.35 bits per heavy atom. The van der Waals surface area contributed by atoms with E-state index in [1.807, 2.05) is 6.92 Å². The first kappa shape index (κ1) is 14.8. The van der Waals surface area contributed by atoms with Gasteiger partial charge in [-0.2, -0.15) is 0 Å². The van der Waals surface area contributed by atoms with Gasteiger partial charge in [-0.05, 0) is 39.4 Å². The monoisotopic (exact) mass is 250 g/mol. The zero-order valence-electron chi connectivity index (χ0n) is 10.8. The summed E-state index contributed by atoms with van der Waals surface area (Å²) >= 11 is 0. The summed E-state index contributed by atoms with van der Waals surface area (Å²) in [5.74, 6) is 0. The summed E-state index contributed by atoms with van der Waals surface area (Å²) in [6, 6.07) is 0.263. The number of hydrogen-bond donors (Lipinski definition) is 1. The molecule has 0 amide bonds. The van der Waals surface area contributed by atoms with Gasteiger partial charge in [0, 0.05) is 12.6 Å². The molecule has 1 fully saturated rings. The Hall–Kier alpha value is -0.260. The lowest BCUT2D eigenvalue weighted by atomic mass is 10.0. The van der Waals surface area contributed by atoms with Crippen molar-refractivity contribution in [3.8, 4) is 0 Å². The van der Waals surface area contributed by atoms with Crippen LogP contribution in [-0.4, -0.2) is 66.7 Å². The van der Waals surface area contributed by atoms with Crippen LogP contribution in [0.1, 0.15) is 26.2 Å². The summed E-state index contributed by atoms with van der Waals surface area (Å²) < 4.78 is 24.5. The van der Waals surface area contributed by atoms with Gasteiger partial charge in [0.1, 0.15) is 0 Å². The molecule has 17 heavy (non-hydrogen) atoms. The van der Waals surface area contributed by atoms with E-state index < -0.39 is 6.43 Å². The molecule has 1 rings (SSSR count). The molecule has 1 saturated heterocycles. The zero-order chi connectivity index (χ0) is 12.8. The molecular weight excluding hydrogens is 226 g/mol. The highest BCUT2D eigenvalue weighted by atomic mass is 19.3. The number of piperidine rings is 1. The number of halogens is 2. The Kier molecular flexibility index (Phi) is 6.30. The van der Waals surface area contributed by atoms with Gasteiger partial charge in [0.05, 0.1) is 12.6 Å². The van der Waals surface area contributed by atoms with E-state index in [2.05, 4.69) is 4.90 Å². The van der Waals surface area contributed by atoms with Crippen molar-refractivity contribution in [2.45, 2.75) is 44.8 Å². The average molecular weight is 250 g/mol. The minimum Gasteiger partial charge on any atom is -0.392 e. The standard InChI is InChI=1S/C12H24F2N2O/c1-3-11(17)8-16-6-4-10(5-7-16)15(2)9-12(13)14/h10-12,17H,3-9H2,1-2H3. The van der Waals surface area contributed by atoms with Crippen LogP contribution in [0.4, 0.5) is 8.78 Å². The lowest BCUT2D eigenvalue weighted by Crippen LogP contribution is -2.46. The van der Waals surface area contributed by atoms with Crippen LogP contribution in [0.15, 0.2) is 0 Å². The Labute approximate surface area is 102 Å². The summed E-state index contributed by atoms with van der Waals surface area (Å²) in [4.78, 5) is 3.99. The fourth-order valence-electron chi connectivity index (χ4n) is 2.34. The highest BCUT2D eigenvalue weighted by Crippen LogP contribution is 2.16. The van der Waals surface area contributed by atoms with Crippen molar-refractivity contribution in [1.29, 1.82) is 0 Å². The van der Waals surface area contributed by atoms with E-state index in [-0.39, 0.29) is 18.7 Å². The van der Waals surface area contributed by atoms with Crippen LogP contribution < -0.4 is 0 Å². The normalized spacial score (nSPS) is 21.4. The maximum Gasteiger partial charge on any atom is 0.251 e. The lowest BCUT2D eigenvalue weighted by Gasteiger charge is -2.37. The molecule has 0 spiro atoms. The molecule has 0 aromatic carbocycles. The van der Waals surface area contributed by atoms with Crippen molar-refractivity contribution in [2.75, 3.05) is 33.2 Å². The number of β-amino-alcohol motifs (C(OH)–C–C–N with tert-alkyl or cyclic N) is 1. The third kappa shape index (κ3) is 5.27. The maximum atomic E-state index is 12.2. The predicted octanol–water partition coefficient (Wildman–Crippen LogP) is 1.42. The second-order valence-corrected chi connectivity index (χ2v) is 4.92. The first-order valence-corrected chi connectivity index (χ1v) is 6.41. The fraction of sp³-hybridized carbons (Fsp3) is 1.00. The van der Waals surface area contributed by atoms with Crippen molar-refractivity contribution in [3.63, 3.8) is 0 Å². The van der Waals surface area contributed by atoms with E-state index in [1.165, 1.54) is 0 Å². The number of hydrogen-bond acceptors (Lipinski definition) is 3. The molecule has 1 aliphatic heterocycles. The zero-order valence-corrected chi connectivity index (χ0v) is 10.8. The molecule has 1 heterocycles. The number of rotatable bonds is 6. The highest BCUT2D eigenvalue weighted by molar-refractivity contribution is 4.79. The molecule has 0 radical (unpaired) electrons. The molecule has 5 heteroatoms. The molecule has 1 aliphatic rings. The van der Waals surface area contributed by atoms with E-state index in [9.17, 15) is 13.9 Å². The van der Waals surface area contributed by atoms with Gasteiger partial charge >= 0.3 is 0 Å². The van der Waals surface area contributed by atoms with Crippen molar-refractivity contribution >= 4 is 0 Å². The number of nitrogens with zero attached hydrogens (tertiary/aromatic N) is 2. The van der Waals surface area contributed by atoms with Crippen molar-refractivity contribution < 1.29 is 13.9 Å². The Balaban J connectivity index is 2.25. The van der Waals surface area contributed by atoms with Gasteiger partial charge in [-0.3, -0.25) is 4.90 Å². The van der Waals surface area contributed by atoms with Gasteiger partial charge in [-0.25, -0.2) is 8.78 Å². The topological polar surface area (TPSA) is 26.7 Å². The molecule has 1 N–H and O–H groups in total. The van der Waals surface area contributed by atoms with Gasteiger partial charge in [0.25, 0.3) is 6.43 Å². The van der Waals surface area contributed by atoms with E-state index in [0.29, 0.717) is 6.54 Å². The van der Waals surface area contributed by atoms with Crippen LogP contribution in [-0.2, 0) is 0 Å². The molecule has 1 unspecified atom stereocenters. The van der Waals surface area contributed by atoms with Crippen LogP contribution in [0.25, 0.3) is 0 Å². The molecule has 102 valence electrons. The third-order valence-electron chi connectivity index (χ3n) is 3.55. The largest absolute Gasteiger partial charge is 0.392 e. The summed E-state index contributed by atoms with van der Waals surface area (Å²) in [5, 5.41) is 9.55. The number of aliphatic hydroxyl groups is 1. The number of alkyl halides is 2. The van der Waals surface area contributed by atoms with E-state index >= 15 is 0 Å². The summed E-state index contributed by atoms with van der Waals surface area (Å²) in [6.07, 6.45) is 0.0927. The van der Waals surface area contributed by atoms with Crippen LogP contribution in [0.5, 0.6) is 0 Å². The van der Waals surface area contributed by atoms with Gasteiger partial charge in [-0.1, -0.05) is 6.92 Å². The fourth-order valence-corrected chi connectivity index (χ4v) is 2.34. The van der Waals surface area contributed by atoms with Gasteiger partial charge in [0.15, 0.2) is 0 Å². The third-order valence-corrected chi connectivity index (χ3v) is 3.55. The molecule has 3 nitrogen and oxygen atoms in total. The molecule has 0 aliphatic carbocycles. The predicted molar refractivity (Wildman–Crippen MR) is 64.4 cm³/mol. The highest BCUT2D eigenvalue weighted by Gasteiger charge is 2.24. The van der Waals surface area contributed by atoms with Gasteiger partial charge in [0.2, 0.25) is 0 Å². The van der Waals surface area contributed by atoms with Crippen molar-refractivity contribution in [3.05, 3.63) is 0 Å². The Morgan fingerprint density at radius 2 is 1.94 bits per heavy atom. The summed E-state index contributed by atoms with van der Waals surface area (Å²) in [5.41, 5.74) is 0. The molecule has 0 aromatic heterocycles. The first-order valence-electron chi connectivity index (χ1n) is 6.41. The molecular formula is C12H24F2N2O. The Morgan fingerprint density at radius 3 is 2.41 bits per heavy atom. The maximum absolute atomic E-state index is 12.2. The van der Waals surface area contributed by atoms with E-state index in [1.54, 1.807) is 11.9 Å². The van der Waals surface area contributed by atoms with Gasteiger partial charge < -0.3 is 10.0 Å². The SMILES string of the molecule is CCC(O)CN1CCC(N(C)CC(F)F)CC1. The molecule has 0 bridgehead atoms. The second-order valence-electron chi connectivity index (χ2n) is 4.92. The van der Waals surface area contributed by atoms with Crippen LogP contribution in [0.2, 0.25) is 0 Å². The Bertz CT molecular complexity index is 209. The summed E-state index contributed by atoms with van der Waals surface area (Å²) in [7, 11) is 1.77. The molecule has 0 aromatic rings. The molecule has 1 atom stereocenters. The lowest BCUT2D eigenvalue weighted by molar-refractivity contribution is 0.0441. The number of likely N-dealkylation sites (tertiary alicyclic amines) is 1. The van der Waals surface area contributed by atoms with Crippen molar-refractivity contribution in [2.24, 2.45) is 0 Å². The van der Waals surface area contributed by atoms with Crippen LogP contribution >= 0.6 is 0 Å². The number of aliphatic hydroxyl groups excluding tert-OH is 1. The summed E-state index contributed by atoms with van der Waals surface area (Å²) in [6.45, 7) is 4.34. The molecule has 0 saturated carbocycles. The van der Waals surface area contributed by atoms with Crippen LogP contribution in [0.3, 0.4) is 0 Å². The van der Waals surface area contributed by atoms with Crippen molar-refractivity contribution in [1.82, 2.24) is 9.80 Å². The van der Waals surface area contributed by atoms with E-state index in [0.717, 1.165) is 32.4 Å².